The second kappa shape index (κ2) is 9.52. The Balaban J connectivity index is 1.55. The number of fused-ring (bicyclic) bond motifs is 1. The fraction of sp³-hybridized carbons (Fsp3) is 0.500. The number of anilines is 1. The summed E-state index contributed by atoms with van der Waals surface area (Å²) in [6.45, 7) is 8.47. The molecule has 0 spiro atoms. The van der Waals surface area contributed by atoms with Crippen LogP contribution in [0.15, 0.2) is 30.3 Å². The monoisotopic (exact) mass is 472 g/mol. The molecule has 4 rings (SSSR count). The summed E-state index contributed by atoms with van der Waals surface area (Å²) in [5, 5.41) is 3.42. The van der Waals surface area contributed by atoms with Crippen LogP contribution in [0.5, 0.6) is 0 Å². The van der Waals surface area contributed by atoms with E-state index in [0.717, 1.165) is 12.8 Å². The van der Waals surface area contributed by atoms with E-state index in [0.29, 0.717) is 48.0 Å². The van der Waals surface area contributed by atoms with E-state index in [1.807, 2.05) is 20.8 Å². The van der Waals surface area contributed by atoms with Crippen molar-refractivity contribution < 1.29 is 18.3 Å². The van der Waals surface area contributed by atoms with E-state index in [-0.39, 0.29) is 18.0 Å². The molecule has 182 valence electrons. The van der Waals surface area contributed by atoms with Gasteiger partial charge < -0.3 is 15.0 Å². The van der Waals surface area contributed by atoms with Crippen molar-refractivity contribution in [3.8, 4) is 5.82 Å². The number of carbonyl (C=O) groups excluding carboxylic acids is 1. The number of alkyl halides is 2. The van der Waals surface area contributed by atoms with Crippen molar-refractivity contribution in [2.75, 3.05) is 18.4 Å². The van der Waals surface area contributed by atoms with E-state index >= 15 is 0 Å². The largest absolute Gasteiger partial charge is 0.444 e. The average molecular weight is 473 g/mol. The Kier molecular flexibility index (Phi) is 6.67. The van der Waals surface area contributed by atoms with Crippen LogP contribution in [-0.4, -0.2) is 55.2 Å². The quantitative estimate of drug-likeness (QED) is 0.557. The summed E-state index contributed by atoms with van der Waals surface area (Å²) in [6, 6.07) is 8.74. The molecule has 1 unspecified atom stereocenters. The predicted molar refractivity (Wildman–Crippen MR) is 125 cm³/mol. The molecular weight excluding hydrogens is 442 g/mol. The second-order valence-electron chi connectivity index (χ2n) is 9.49. The summed E-state index contributed by atoms with van der Waals surface area (Å²) >= 11 is 0. The molecular formula is C24H30F2N6O2. The van der Waals surface area contributed by atoms with E-state index in [4.69, 9.17) is 4.74 Å². The summed E-state index contributed by atoms with van der Waals surface area (Å²) in [5.41, 5.74) is 0.503. The van der Waals surface area contributed by atoms with Crippen LogP contribution >= 0.6 is 0 Å². The highest BCUT2D eigenvalue weighted by Gasteiger charge is 2.26. The van der Waals surface area contributed by atoms with Crippen LogP contribution in [0.2, 0.25) is 0 Å². The van der Waals surface area contributed by atoms with Gasteiger partial charge in [-0.15, -0.1) is 0 Å². The van der Waals surface area contributed by atoms with Gasteiger partial charge >= 0.3 is 6.09 Å². The van der Waals surface area contributed by atoms with Crippen molar-refractivity contribution in [1.29, 1.82) is 0 Å². The number of aryl methyl sites for hydroxylation is 1. The van der Waals surface area contributed by atoms with Crippen molar-refractivity contribution in [1.82, 2.24) is 24.4 Å². The molecule has 1 fully saturated rings. The Morgan fingerprint density at radius 1 is 1.15 bits per heavy atom. The first-order chi connectivity index (χ1) is 16.1. The molecule has 0 radical (unpaired) electrons. The van der Waals surface area contributed by atoms with Crippen LogP contribution in [0, 0.1) is 6.92 Å². The van der Waals surface area contributed by atoms with Gasteiger partial charge in [0, 0.05) is 25.2 Å². The number of nitrogens with zero attached hydrogens (tertiary/aromatic N) is 5. The number of nitrogens with one attached hydrogen (secondary N) is 1. The molecule has 0 saturated carbocycles. The molecule has 1 saturated heterocycles. The van der Waals surface area contributed by atoms with Gasteiger partial charge in [0.25, 0.3) is 6.43 Å². The molecule has 0 bridgehead atoms. The normalized spacial score (nSPS) is 17.1. The van der Waals surface area contributed by atoms with Crippen LogP contribution in [0.4, 0.5) is 19.4 Å². The van der Waals surface area contributed by atoms with Crippen molar-refractivity contribution in [2.24, 2.45) is 0 Å². The maximum atomic E-state index is 13.8. The number of aromatic nitrogens is 4. The van der Waals surface area contributed by atoms with Gasteiger partial charge in [-0.3, -0.25) is 4.57 Å². The highest BCUT2D eigenvalue weighted by molar-refractivity contribution is 5.78. The molecule has 34 heavy (non-hydrogen) atoms. The number of ether oxygens (including phenoxy) is 1. The van der Waals surface area contributed by atoms with Gasteiger partial charge in [0.15, 0.2) is 5.82 Å². The van der Waals surface area contributed by atoms with Crippen LogP contribution in [0.25, 0.3) is 16.9 Å². The minimum Gasteiger partial charge on any atom is -0.444 e. The first kappa shape index (κ1) is 23.8. The van der Waals surface area contributed by atoms with Gasteiger partial charge in [-0.1, -0.05) is 12.1 Å². The molecule has 1 N–H and O–H groups in total. The Morgan fingerprint density at radius 2 is 1.91 bits per heavy atom. The standard InChI is InChI=1S/C24H30F2N6O2/c1-15-27-19(29-16-8-7-12-31(13-11-16)23(33)34-24(2,3)4)14-20(28-15)32-18-10-6-5-9-17(18)30-22(32)21(25)26/h5-6,9-10,14,16,21H,7-8,11-13H2,1-4H3,(H,27,28,29). The van der Waals surface area contributed by atoms with E-state index in [1.165, 1.54) is 4.57 Å². The molecule has 2 aromatic heterocycles. The fourth-order valence-corrected chi connectivity index (χ4v) is 4.13. The number of likely N-dealkylation sites (tertiary alicyclic amines) is 1. The molecule has 1 aliphatic heterocycles. The summed E-state index contributed by atoms with van der Waals surface area (Å²) < 4.78 is 34.5. The van der Waals surface area contributed by atoms with Gasteiger partial charge in [0.2, 0.25) is 0 Å². The summed E-state index contributed by atoms with van der Waals surface area (Å²) in [7, 11) is 0. The van der Waals surface area contributed by atoms with Gasteiger partial charge in [-0.2, -0.15) is 0 Å². The van der Waals surface area contributed by atoms with Crippen LogP contribution in [-0.2, 0) is 4.74 Å². The third-order valence-electron chi connectivity index (χ3n) is 5.57. The summed E-state index contributed by atoms with van der Waals surface area (Å²) in [4.78, 5) is 27.2. The molecule has 1 amide bonds. The molecule has 3 aromatic rings. The molecule has 3 heterocycles. The van der Waals surface area contributed by atoms with Crippen molar-refractivity contribution in [3.63, 3.8) is 0 Å². The Bertz CT molecular complexity index is 1170. The molecule has 1 atom stereocenters. The minimum atomic E-state index is -2.75. The number of amides is 1. The number of hydrogen-bond acceptors (Lipinski definition) is 6. The lowest BCUT2D eigenvalue weighted by Gasteiger charge is -2.26. The number of para-hydroxylation sites is 2. The van der Waals surface area contributed by atoms with E-state index in [1.54, 1.807) is 42.2 Å². The minimum absolute atomic E-state index is 0.0729. The Hall–Kier alpha value is -3.30. The number of imidazole rings is 1. The third kappa shape index (κ3) is 5.43. The molecule has 8 nitrogen and oxygen atoms in total. The van der Waals surface area contributed by atoms with E-state index in [2.05, 4.69) is 20.3 Å². The first-order valence-corrected chi connectivity index (χ1v) is 11.5. The van der Waals surface area contributed by atoms with Crippen LogP contribution in [0.1, 0.15) is 58.1 Å². The number of halogens is 2. The van der Waals surface area contributed by atoms with E-state index < -0.39 is 12.0 Å². The Labute approximate surface area is 197 Å². The van der Waals surface area contributed by atoms with Crippen LogP contribution < -0.4 is 5.32 Å². The number of carbonyl (C=O) groups is 1. The molecule has 10 heteroatoms. The van der Waals surface area contributed by atoms with E-state index in [9.17, 15) is 13.6 Å². The zero-order valence-corrected chi connectivity index (χ0v) is 19.9. The second-order valence-corrected chi connectivity index (χ2v) is 9.49. The van der Waals surface area contributed by atoms with Gasteiger partial charge in [-0.05, 0) is 59.1 Å². The molecule has 1 aliphatic rings. The lowest BCUT2D eigenvalue weighted by molar-refractivity contribution is 0.0256. The van der Waals surface area contributed by atoms with Gasteiger partial charge in [-0.25, -0.2) is 28.5 Å². The first-order valence-electron chi connectivity index (χ1n) is 11.5. The summed E-state index contributed by atoms with van der Waals surface area (Å²) in [5.74, 6) is 0.994. The third-order valence-corrected chi connectivity index (χ3v) is 5.57. The predicted octanol–water partition coefficient (Wildman–Crippen LogP) is 5.26. The zero-order valence-electron chi connectivity index (χ0n) is 19.9. The Morgan fingerprint density at radius 3 is 2.65 bits per heavy atom. The molecule has 0 aliphatic carbocycles. The van der Waals surface area contributed by atoms with Gasteiger partial charge in [0.1, 0.15) is 23.1 Å². The SMILES string of the molecule is Cc1nc(NC2CCCN(C(=O)OC(C)(C)C)CC2)cc(-n2c(C(F)F)nc3ccccc32)n1. The fourth-order valence-electron chi connectivity index (χ4n) is 4.13. The maximum absolute atomic E-state index is 13.8. The lowest BCUT2D eigenvalue weighted by Crippen LogP contribution is -2.37. The lowest BCUT2D eigenvalue weighted by atomic mass is 10.1. The number of benzene rings is 1. The maximum Gasteiger partial charge on any atom is 0.410 e. The highest BCUT2D eigenvalue weighted by Crippen LogP contribution is 2.28. The average Bonchev–Trinajstić information content (AvgIpc) is 2.99. The number of hydrogen-bond donors (Lipinski definition) is 1. The summed E-state index contributed by atoms with van der Waals surface area (Å²) in [6.07, 6.45) is -0.683. The topological polar surface area (TPSA) is 85.2 Å². The smallest absolute Gasteiger partial charge is 0.410 e. The van der Waals surface area contributed by atoms with Crippen molar-refractivity contribution in [2.45, 2.75) is 65.0 Å². The van der Waals surface area contributed by atoms with Crippen molar-refractivity contribution >= 4 is 22.9 Å². The zero-order chi connectivity index (χ0) is 24.5. The number of rotatable bonds is 4. The highest BCUT2D eigenvalue weighted by atomic mass is 19.3. The molecule has 1 aromatic carbocycles. The van der Waals surface area contributed by atoms with Crippen LogP contribution in [0.3, 0.4) is 0 Å². The van der Waals surface area contributed by atoms with Crippen molar-refractivity contribution in [3.05, 3.63) is 42.0 Å². The van der Waals surface area contributed by atoms with Gasteiger partial charge in [0.05, 0.1) is 11.0 Å².